The predicted octanol–water partition coefficient (Wildman–Crippen LogP) is 8.49. The van der Waals surface area contributed by atoms with Crippen LogP contribution in [0.4, 0.5) is 22.0 Å². The molecule has 0 atom stereocenters. The Morgan fingerprint density at radius 2 is 1.27 bits per heavy atom. The quantitative estimate of drug-likeness (QED) is 0.164. The molecular formula is C27H26F5O. The zero-order valence-electron chi connectivity index (χ0n) is 18.5. The van der Waals surface area contributed by atoms with Gasteiger partial charge in [0.1, 0.15) is 11.6 Å². The average molecular weight is 461 g/mol. The minimum Gasteiger partial charge on any atom is -0.289 e. The second kappa shape index (κ2) is 11.3. The maximum Gasteiger partial charge on any atom is 0.194 e. The van der Waals surface area contributed by atoms with Crippen molar-refractivity contribution >= 4 is 0 Å². The molecule has 0 aromatic heterocycles. The van der Waals surface area contributed by atoms with E-state index in [9.17, 15) is 22.7 Å². The van der Waals surface area contributed by atoms with Crippen LogP contribution in [0.25, 0.3) is 11.1 Å². The van der Waals surface area contributed by atoms with E-state index in [4.69, 9.17) is 0 Å². The second-order valence-corrected chi connectivity index (χ2v) is 8.26. The van der Waals surface area contributed by atoms with Gasteiger partial charge in [0, 0.05) is 11.6 Å². The third-order valence-corrected chi connectivity index (χ3v) is 5.80. The number of hydrogen-bond acceptors (Lipinski definition) is 0. The van der Waals surface area contributed by atoms with Crippen molar-refractivity contribution in [2.24, 2.45) is 0 Å². The van der Waals surface area contributed by atoms with Gasteiger partial charge in [-0.05, 0) is 54.5 Å². The lowest BCUT2D eigenvalue weighted by Crippen LogP contribution is -2.03. The van der Waals surface area contributed by atoms with Gasteiger partial charge in [-0.1, -0.05) is 56.9 Å². The van der Waals surface area contributed by atoms with Crippen molar-refractivity contribution in [3.05, 3.63) is 88.2 Å². The van der Waals surface area contributed by atoms with E-state index in [0.717, 1.165) is 43.0 Å². The normalized spacial score (nSPS) is 11.2. The summed E-state index contributed by atoms with van der Waals surface area (Å²) in [4.78, 5) is 0. The van der Waals surface area contributed by atoms with Crippen LogP contribution in [0.15, 0.2) is 42.5 Å². The molecule has 0 saturated heterocycles. The first-order valence-corrected chi connectivity index (χ1v) is 11.2. The topological polar surface area (TPSA) is 19.9 Å². The van der Waals surface area contributed by atoms with E-state index < -0.39 is 34.8 Å². The molecular weight excluding hydrogens is 435 g/mol. The Morgan fingerprint density at radius 1 is 0.636 bits per heavy atom. The maximum absolute atomic E-state index is 15.2. The van der Waals surface area contributed by atoms with E-state index >= 15 is 4.39 Å². The lowest BCUT2D eigenvalue weighted by atomic mass is 9.95. The fraction of sp³-hybridized carbons (Fsp3) is 0.333. The summed E-state index contributed by atoms with van der Waals surface area (Å²) in [5.74, 6) is -7.12. The standard InChI is InChI=1S/C27H26F5O/c1-2-3-4-5-6-7-17-8-11-19(12-9-17)25-24(33)16-21(28)20(26(25)31)13-10-18-14-22(29)27(32)23(30)15-18/h8-9,11-12,14-16H,2-7,10,13H2,1H3. The molecule has 0 unspecified atom stereocenters. The second-order valence-electron chi connectivity index (χ2n) is 8.26. The smallest absolute Gasteiger partial charge is 0.194 e. The summed E-state index contributed by atoms with van der Waals surface area (Å²) in [6.07, 6.45) is 6.27. The Balaban J connectivity index is 1.78. The minimum absolute atomic E-state index is 0.0567. The fourth-order valence-corrected chi connectivity index (χ4v) is 3.93. The molecule has 6 heteroatoms. The number of benzene rings is 3. The first kappa shape index (κ1) is 24.7. The van der Waals surface area contributed by atoms with Crippen molar-refractivity contribution in [3.63, 3.8) is 0 Å². The van der Waals surface area contributed by atoms with Crippen molar-refractivity contribution < 1.29 is 27.1 Å². The summed E-state index contributed by atoms with van der Waals surface area (Å²) in [7, 11) is 0. The van der Waals surface area contributed by atoms with Crippen LogP contribution < -0.4 is 0 Å². The van der Waals surface area contributed by atoms with E-state index in [1.54, 1.807) is 12.1 Å². The van der Waals surface area contributed by atoms with Crippen LogP contribution >= 0.6 is 0 Å². The lowest BCUT2D eigenvalue weighted by Gasteiger charge is -2.12. The zero-order valence-corrected chi connectivity index (χ0v) is 18.5. The van der Waals surface area contributed by atoms with Crippen molar-refractivity contribution in [2.75, 3.05) is 0 Å². The molecule has 0 aliphatic carbocycles. The summed E-state index contributed by atoms with van der Waals surface area (Å²) < 4.78 is 69.5. The third-order valence-electron chi connectivity index (χ3n) is 5.80. The van der Waals surface area contributed by atoms with E-state index in [0.29, 0.717) is 5.56 Å². The highest BCUT2D eigenvalue weighted by molar-refractivity contribution is 5.72. The number of aryl methyl sites for hydroxylation is 2. The molecule has 0 spiro atoms. The number of rotatable bonds is 10. The van der Waals surface area contributed by atoms with Gasteiger partial charge in [-0.25, -0.2) is 22.0 Å². The number of halogens is 5. The van der Waals surface area contributed by atoms with Crippen LogP contribution in [0.1, 0.15) is 55.7 Å². The highest BCUT2D eigenvalue weighted by Gasteiger charge is 2.21. The molecule has 0 amide bonds. The highest BCUT2D eigenvalue weighted by atomic mass is 19.2. The molecule has 33 heavy (non-hydrogen) atoms. The van der Waals surface area contributed by atoms with Gasteiger partial charge in [0.05, 0.1) is 5.56 Å². The summed E-state index contributed by atoms with van der Waals surface area (Å²) in [5, 5.41) is 12.4. The van der Waals surface area contributed by atoms with Crippen LogP contribution in [-0.2, 0) is 24.4 Å². The van der Waals surface area contributed by atoms with Crippen LogP contribution in [-0.4, -0.2) is 0 Å². The summed E-state index contributed by atoms with van der Waals surface area (Å²) in [5.41, 5.74) is 0.881. The minimum atomic E-state index is -1.60. The first-order chi connectivity index (χ1) is 15.8. The molecule has 1 radical (unpaired) electrons. The SMILES string of the molecule is CCCCCCCc1ccc(-c2c([O])cc(F)c(CCc3cc(F)c(F)c(F)c3)c2F)cc1. The molecule has 0 aliphatic rings. The Labute approximate surface area is 190 Å². The Morgan fingerprint density at radius 3 is 1.91 bits per heavy atom. The summed E-state index contributed by atoms with van der Waals surface area (Å²) in [6.45, 7) is 2.16. The summed E-state index contributed by atoms with van der Waals surface area (Å²) >= 11 is 0. The van der Waals surface area contributed by atoms with Crippen molar-refractivity contribution in [3.8, 4) is 16.9 Å². The van der Waals surface area contributed by atoms with Crippen molar-refractivity contribution in [1.29, 1.82) is 0 Å². The Kier molecular flexibility index (Phi) is 8.48. The fourth-order valence-electron chi connectivity index (χ4n) is 3.93. The third kappa shape index (κ3) is 6.12. The largest absolute Gasteiger partial charge is 0.289 e. The van der Waals surface area contributed by atoms with Gasteiger partial charge in [-0.3, -0.25) is 5.11 Å². The molecule has 0 saturated carbocycles. The van der Waals surface area contributed by atoms with Gasteiger partial charge in [0.25, 0.3) is 0 Å². The Hall–Kier alpha value is -2.89. The van der Waals surface area contributed by atoms with E-state index in [2.05, 4.69) is 6.92 Å². The van der Waals surface area contributed by atoms with E-state index in [1.165, 1.54) is 19.3 Å². The first-order valence-electron chi connectivity index (χ1n) is 11.2. The van der Waals surface area contributed by atoms with Gasteiger partial charge in [-0.2, -0.15) is 0 Å². The van der Waals surface area contributed by atoms with E-state index in [1.807, 2.05) is 12.1 Å². The monoisotopic (exact) mass is 461 g/mol. The van der Waals surface area contributed by atoms with Crippen molar-refractivity contribution in [1.82, 2.24) is 0 Å². The Bertz CT molecular complexity index is 1070. The molecule has 3 aromatic carbocycles. The molecule has 0 bridgehead atoms. The molecule has 0 N–H and O–H groups in total. The number of unbranched alkanes of at least 4 members (excludes halogenated alkanes) is 4. The molecule has 3 aromatic rings. The van der Waals surface area contributed by atoms with E-state index in [-0.39, 0.29) is 29.5 Å². The molecule has 3 rings (SSSR count). The molecule has 0 heterocycles. The van der Waals surface area contributed by atoms with Crippen LogP contribution in [0.5, 0.6) is 5.75 Å². The van der Waals surface area contributed by atoms with Crippen LogP contribution in [0.2, 0.25) is 0 Å². The van der Waals surface area contributed by atoms with Crippen LogP contribution in [0, 0.1) is 29.1 Å². The van der Waals surface area contributed by atoms with Crippen molar-refractivity contribution in [2.45, 2.75) is 58.3 Å². The molecule has 1 nitrogen and oxygen atoms in total. The summed E-state index contributed by atoms with van der Waals surface area (Å²) in [6, 6.07) is 9.26. The molecule has 175 valence electrons. The highest BCUT2D eigenvalue weighted by Crippen LogP contribution is 2.36. The predicted molar refractivity (Wildman–Crippen MR) is 118 cm³/mol. The van der Waals surface area contributed by atoms with Crippen LogP contribution in [0.3, 0.4) is 0 Å². The van der Waals surface area contributed by atoms with Gasteiger partial charge >= 0.3 is 0 Å². The average Bonchev–Trinajstić information content (AvgIpc) is 2.78. The number of hydrogen-bond donors (Lipinski definition) is 0. The maximum atomic E-state index is 15.2. The molecule has 0 aliphatic heterocycles. The molecule has 0 fully saturated rings. The lowest BCUT2D eigenvalue weighted by molar-refractivity contribution is 0.350. The van der Waals surface area contributed by atoms with Gasteiger partial charge in [-0.15, -0.1) is 0 Å². The van der Waals surface area contributed by atoms with Gasteiger partial charge in [0.2, 0.25) is 0 Å². The van der Waals surface area contributed by atoms with Gasteiger partial charge in [0.15, 0.2) is 23.2 Å². The zero-order chi connectivity index (χ0) is 24.0. The van der Waals surface area contributed by atoms with Gasteiger partial charge < -0.3 is 0 Å².